The van der Waals surface area contributed by atoms with E-state index in [9.17, 15) is 4.79 Å². The van der Waals surface area contributed by atoms with Crippen LogP contribution in [-0.2, 0) is 16.1 Å². The van der Waals surface area contributed by atoms with Gasteiger partial charge in [-0.2, -0.15) is 0 Å². The zero-order valence-corrected chi connectivity index (χ0v) is 18.9. The number of pyridine rings is 1. The number of ether oxygens (including phenoxy) is 1. The second-order valence-electron chi connectivity index (χ2n) is 8.06. The third-order valence-corrected chi connectivity index (χ3v) is 6.94. The average Bonchev–Trinajstić information content (AvgIpc) is 3.36. The molecule has 0 aliphatic carbocycles. The lowest BCUT2D eigenvalue weighted by Gasteiger charge is -2.44. The minimum Gasteiger partial charge on any atom is -0.377 e. The highest BCUT2D eigenvalue weighted by atomic mass is 32.2. The molecule has 5 heterocycles. The number of carbonyl (C=O) groups excluding carboxylic acids is 1. The number of fused-ring (bicyclic) bond motifs is 4. The SMILES string of the molecule is CSc1ccc(CN2C(=O)C3COCCN3c3nc(-c4ccnc5[nH]ccc45)ncc32)cc1. The first-order chi connectivity index (χ1) is 16.2. The molecule has 0 spiro atoms. The number of hydrogen-bond donors (Lipinski definition) is 1. The quantitative estimate of drug-likeness (QED) is 0.469. The summed E-state index contributed by atoms with van der Waals surface area (Å²) in [5.74, 6) is 1.41. The Morgan fingerprint density at radius 3 is 2.91 bits per heavy atom. The van der Waals surface area contributed by atoms with Crippen LogP contribution in [0.15, 0.2) is 59.9 Å². The molecule has 1 aromatic carbocycles. The molecule has 8 nitrogen and oxygen atoms in total. The van der Waals surface area contributed by atoms with Crippen LogP contribution in [0.25, 0.3) is 22.4 Å². The van der Waals surface area contributed by atoms with Crippen LogP contribution < -0.4 is 9.80 Å². The summed E-state index contributed by atoms with van der Waals surface area (Å²) in [6, 6.07) is 11.8. The number of rotatable bonds is 4. The smallest absolute Gasteiger partial charge is 0.252 e. The van der Waals surface area contributed by atoms with Crippen molar-refractivity contribution < 1.29 is 9.53 Å². The molecule has 0 radical (unpaired) electrons. The van der Waals surface area contributed by atoms with Crippen molar-refractivity contribution >= 4 is 40.2 Å². The van der Waals surface area contributed by atoms with Gasteiger partial charge in [-0.3, -0.25) is 4.79 Å². The first kappa shape index (κ1) is 20.2. The number of hydrogen-bond acceptors (Lipinski definition) is 7. The Morgan fingerprint density at radius 1 is 1.18 bits per heavy atom. The van der Waals surface area contributed by atoms with E-state index in [0.717, 1.165) is 33.7 Å². The summed E-state index contributed by atoms with van der Waals surface area (Å²) in [5.41, 5.74) is 3.49. The monoisotopic (exact) mass is 458 g/mol. The van der Waals surface area contributed by atoms with Gasteiger partial charge in [0.1, 0.15) is 17.4 Å². The van der Waals surface area contributed by atoms with Crippen LogP contribution in [0.3, 0.4) is 0 Å². The molecule has 9 heteroatoms. The topological polar surface area (TPSA) is 87.2 Å². The summed E-state index contributed by atoms with van der Waals surface area (Å²) >= 11 is 1.70. The van der Waals surface area contributed by atoms with E-state index in [2.05, 4.69) is 50.4 Å². The minimum absolute atomic E-state index is 0.0180. The first-order valence-electron chi connectivity index (χ1n) is 10.8. The molecule has 2 aliphatic rings. The normalized spacial score (nSPS) is 17.8. The van der Waals surface area contributed by atoms with Crippen LogP contribution >= 0.6 is 11.8 Å². The Kier molecular flexibility index (Phi) is 5.00. The standard InChI is InChI=1S/C24H22N6O2S/c1-33-16-4-2-15(3-5-16)13-30-19-12-27-22(18-7-9-26-21-17(18)6-8-25-21)28-23(19)29-10-11-32-14-20(29)24(30)31/h2-9,12,20H,10-11,13-14H2,1H3,(H,25,26). The maximum Gasteiger partial charge on any atom is 0.252 e. The van der Waals surface area contributed by atoms with Gasteiger partial charge in [-0.1, -0.05) is 12.1 Å². The number of thioether (sulfide) groups is 1. The van der Waals surface area contributed by atoms with Crippen LogP contribution in [0.5, 0.6) is 0 Å². The second kappa shape index (κ2) is 8.17. The largest absolute Gasteiger partial charge is 0.377 e. The predicted octanol–water partition coefficient (Wildman–Crippen LogP) is 3.49. The molecule has 1 fully saturated rings. The highest BCUT2D eigenvalue weighted by Crippen LogP contribution is 2.38. The number of aromatic nitrogens is 4. The van der Waals surface area contributed by atoms with Crippen LogP contribution in [0.2, 0.25) is 0 Å². The van der Waals surface area contributed by atoms with Crippen molar-refractivity contribution in [2.75, 3.05) is 35.8 Å². The van der Waals surface area contributed by atoms with Gasteiger partial charge < -0.3 is 19.5 Å². The van der Waals surface area contributed by atoms with Crippen molar-refractivity contribution in [3.05, 3.63) is 60.6 Å². The Bertz CT molecular complexity index is 1340. The van der Waals surface area contributed by atoms with Gasteiger partial charge in [0.15, 0.2) is 11.6 Å². The van der Waals surface area contributed by atoms with Gasteiger partial charge in [0, 0.05) is 34.8 Å². The van der Waals surface area contributed by atoms with Crippen molar-refractivity contribution in [3.63, 3.8) is 0 Å². The summed E-state index contributed by atoms with van der Waals surface area (Å²) in [6.45, 7) is 2.00. The van der Waals surface area contributed by atoms with E-state index in [0.29, 0.717) is 32.1 Å². The van der Waals surface area contributed by atoms with Gasteiger partial charge in [0.05, 0.1) is 26.0 Å². The summed E-state index contributed by atoms with van der Waals surface area (Å²) in [4.78, 5) is 35.7. The van der Waals surface area contributed by atoms with Crippen LogP contribution in [-0.4, -0.2) is 57.9 Å². The van der Waals surface area contributed by atoms with E-state index in [1.54, 1.807) is 29.1 Å². The fourth-order valence-corrected chi connectivity index (χ4v) is 4.90. The van der Waals surface area contributed by atoms with E-state index < -0.39 is 0 Å². The molecule has 0 saturated carbocycles. The van der Waals surface area contributed by atoms with E-state index >= 15 is 0 Å². The maximum atomic E-state index is 13.5. The Morgan fingerprint density at radius 2 is 2.06 bits per heavy atom. The van der Waals surface area contributed by atoms with E-state index in [1.165, 1.54) is 4.90 Å². The molecule has 1 atom stereocenters. The molecule has 1 unspecified atom stereocenters. The third kappa shape index (κ3) is 3.44. The molecule has 33 heavy (non-hydrogen) atoms. The third-order valence-electron chi connectivity index (χ3n) is 6.19. The molecule has 3 aromatic heterocycles. The molecule has 166 valence electrons. The molecule has 1 N–H and O–H groups in total. The zero-order chi connectivity index (χ0) is 22.4. The number of carbonyl (C=O) groups is 1. The first-order valence-corrected chi connectivity index (χ1v) is 12.0. The fourth-order valence-electron chi connectivity index (χ4n) is 4.49. The van der Waals surface area contributed by atoms with E-state index in [4.69, 9.17) is 9.72 Å². The molecular weight excluding hydrogens is 436 g/mol. The van der Waals surface area contributed by atoms with Gasteiger partial charge in [-0.25, -0.2) is 15.0 Å². The van der Waals surface area contributed by atoms with Crippen molar-refractivity contribution in [1.29, 1.82) is 0 Å². The predicted molar refractivity (Wildman–Crippen MR) is 128 cm³/mol. The van der Waals surface area contributed by atoms with E-state index in [1.807, 2.05) is 18.3 Å². The summed E-state index contributed by atoms with van der Waals surface area (Å²) in [7, 11) is 0. The highest BCUT2D eigenvalue weighted by molar-refractivity contribution is 7.98. The van der Waals surface area contributed by atoms with Crippen molar-refractivity contribution in [1.82, 2.24) is 19.9 Å². The molecular formula is C24H22N6O2S. The lowest BCUT2D eigenvalue weighted by molar-refractivity contribution is -0.122. The number of morpholine rings is 1. The van der Waals surface area contributed by atoms with Crippen LogP contribution in [0.1, 0.15) is 5.56 Å². The summed E-state index contributed by atoms with van der Waals surface area (Å²) < 4.78 is 5.67. The van der Waals surface area contributed by atoms with Gasteiger partial charge in [0.25, 0.3) is 5.91 Å². The number of nitrogens with one attached hydrogen (secondary N) is 1. The molecule has 1 saturated heterocycles. The van der Waals surface area contributed by atoms with Crippen LogP contribution in [0.4, 0.5) is 11.5 Å². The van der Waals surface area contributed by atoms with Crippen molar-refractivity contribution in [2.24, 2.45) is 0 Å². The molecule has 2 aliphatic heterocycles. The number of amides is 1. The van der Waals surface area contributed by atoms with Gasteiger partial charge in [0.2, 0.25) is 0 Å². The average molecular weight is 459 g/mol. The lowest BCUT2D eigenvalue weighted by Crippen LogP contribution is -2.58. The van der Waals surface area contributed by atoms with Gasteiger partial charge >= 0.3 is 0 Å². The Labute approximate surface area is 195 Å². The molecule has 1 amide bonds. The second-order valence-corrected chi connectivity index (χ2v) is 8.94. The number of aromatic amines is 1. The Balaban J connectivity index is 1.44. The van der Waals surface area contributed by atoms with Gasteiger partial charge in [-0.05, 0) is 36.1 Å². The number of anilines is 2. The highest BCUT2D eigenvalue weighted by Gasteiger charge is 2.41. The minimum atomic E-state index is -0.385. The van der Waals surface area contributed by atoms with Crippen LogP contribution in [0, 0.1) is 0 Å². The van der Waals surface area contributed by atoms with Gasteiger partial charge in [-0.15, -0.1) is 11.8 Å². The summed E-state index contributed by atoms with van der Waals surface area (Å²) in [5, 5.41) is 0.966. The molecule has 6 rings (SSSR count). The molecule has 4 aromatic rings. The summed E-state index contributed by atoms with van der Waals surface area (Å²) in [6.07, 6.45) is 7.44. The number of benzene rings is 1. The van der Waals surface area contributed by atoms with E-state index in [-0.39, 0.29) is 11.9 Å². The maximum absolute atomic E-state index is 13.5. The molecule has 0 bridgehead atoms. The van der Waals surface area contributed by atoms with Crippen molar-refractivity contribution in [2.45, 2.75) is 17.5 Å². The number of nitrogens with zero attached hydrogens (tertiary/aromatic N) is 5. The number of H-pyrrole nitrogens is 1. The lowest BCUT2D eigenvalue weighted by atomic mass is 10.1. The van der Waals surface area contributed by atoms with Crippen molar-refractivity contribution in [3.8, 4) is 11.4 Å². The fraction of sp³-hybridized carbons (Fsp3) is 0.250. The zero-order valence-electron chi connectivity index (χ0n) is 18.1. The Hall–Kier alpha value is -3.43.